The Balaban J connectivity index is 2.49. The Labute approximate surface area is 127 Å². The van der Waals surface area contributed by atoms with Crippen LogP contribution in [0, 0.1) is 6.92 Å². The fourth-order valence-corrected chi connectivity index (χ4v) is 2.43. The van der Waals surface area contributed by atoms with E-state index in [-0.39, 0.29) is 11.5 Å². The molecule has 0 amide bonds. The Morgan fingerprint density at radius 1 is 1.19 bits per heavy atom. The molecule has 4 nitrogen and oxygen atoms in total. The molecule has 1 heterocycles. The summed E-state index contributed by atoms with van der Waals surface area (Å²) in [7, 11) is 0. The van der Waals surface area contributed by atoms with Gasteiger partial charge in [-0.2, -0.15) is 5.10 Å². The molecular weight excluding hydrogens is 260 g/mol. The van der Waals surface area contributed by atoms with E-state index in [1.165, 1.54) is 5.56 Å². The first kappa shape index (κ1) is 15.4. The number of anilines is 3. The predicted octanol–water partition coefficient (Wildman–Crippen LogP) is 4.40. The van der Waals surface area contributed by atoms with E-state index in [0.29, 0.717) is 5.69 Å². The second-order valence-corrected chi connectivity index (χ2v) is 6.81. The maximum Gasteiger partial charge on any atom is 0.152 e. The second-order valence-electron chi connectivity index (χ2n) is 6.81. The van der Waals surface area contributed by atoms with Crippen LogP contribution in [0.1, 0.15) is 51.9 Å². The van der Waals surface area contributed by atoms with Gasteiger partial charge in [-0.05, 0) is 37.8 Å². The molecule has 4 heteroatoms. The number of aryl methyl sites for hydroxylation is 1. The quantitative estimate of drug-likeness (QED) is 0.879. The highest BCUT2D eigenvalue weighted by molar-refractivity contribution is 5.73. The van der Waals surface area contributed by atoms with Gasteiger partial charge in [0, 0.05) is 11.7 Å². The number of hydrogen-bond donors (Lipinski definition) is 2. The van der Waals surface area contributed by atoms with Crippen molar-refractivity contribution in [3.63, 3.8) is 0 Å². The fourth-order valence-electron chi connectivity index (χ4n) is 2.43. The summed E-state index contributed by atoms with van der Waals surface area (Å²) in [5, 5.41) is 8.02. The van der Waals surface area contributed by atoms with Gasteiger partial charge in [0.15, 0.2) is 5.82 Å². The summed E-state index contributed by atoms with van der Waals surface area (Å²) in [4.78, 5) is 0. The molecule has 0 bridgehead atoms. The largest absolute Gasteiger partial charge is 0.394 e. The minimum absolute atomic E-state index is 0.0656. The molecule has 0 fully saturated rings. The summed E-state index contributed by atoms with van der Waals surface area (Å²) in [6.45, 7) is 12.8. The van der Waals surface area contributed by atoms with E-state index >= 15 is 0 Å². The van der Waals surface area contributed by atoms with Crippen molar-refractivity contribution in [2.45, 2.75) is 53.0 Å². The third-order valence-corrected chi connectivity index (χ3v) is 3.61. The van der Waals surface area contributed by atoms with Crippen LogP contribution in [0.4, 0.5) is 17.2 Å². The molecule has 2 rings (SSSR count). The Morgan fingerprint density at radius 2 is 1.81 bits per heavy atom. The van der Waals surface area contributed by atoms with Crippen LogP contribution >= 0.6 is 0 Å². The Hall–Kier alpha value is -1.97. The molecule has 0 radical (unpaired) electrons. The van der Waals surface area contributed by atoms with Crippen LogP contribution in [0.15, 0.2) is 24.3 Å². The van der Waals surface area contributed by atoms with E-state index in [1.807, 2.05) is 17.7 Å². The lowest BCUT2D eigenvalue weighted by molar-refractivity contribution is 0.536. The molecule has 0 saturated heterocycles. The van der Waals surface area contributed by atoms with Gasteiger partial charge in [-0.1, -0.05) is 39.0 Å². The molecule has 1 aromatic heterocycles. The summed E-state index contributed by atoms with van der Waals surface area (Å²) in [5.74, 6) is 0.874. The van der Waals surface area contributed by atoms with Crippen molar-refractivity contribution in [1.82, 2.24) is 9.78 Å². The Morgan fingerprint density at radius 3 is 2.38 bits per heavy atom. The van der Waals surface area contributed by atoms with Crippen molar-refractivity contribution in [2.75, 3.05) is 11.1 Å². The first-order chi connectivity index (χ1) is 9.71. The molecule has 3 N–H and O–H groups in total. The highest BCUT2D eigenvalue weighted by Gasteiger charge is 2.20. The highest BCUT2D eigenvalue weighted by Crippen LogP contribution is 2.34. The number of aromatic nitrogens is 2. The smallest absolute Gasteiger partial charge is 0.152 e. The third kappa shape index (κ3) is 3.04. The molecule has 0 spiro atoms. The van der Waals surface area contributed by atoms with Gasteiger partial charge in [-0.25, -0.2) is 4.68 Å². The van der Waals surface area contributed by atoms with Crippen molar-refractivity contribution in [3.8, 4) is 0 Å². The molecule has 114 valence electrons. The number of nitrogens with two attached hydrogens (primary N) is 1. The first-order valence-corrected chi connectivity index (χ1v) is 7.43. The first-order valence-electron chi connectivity index (χ1n) is 7.43. The van der Waals surface area contributed by atoms with E-state index in [1.54, 1.807) is 0 Å². The van der Waals surface area contributed by atoms with Gasteiger partial charge in [0.25, 0.3) is 0 Å². The fraction of sp³-hybridized carbons (Fsp3) is 0.471. The number of benzene rings is 1. The molecule has 0 aliphatic rings. The minimum atomic E-state index is 0.0656. The van der Waals surface area contributed by atoms with Crippen LogP contribution in [0.5, 0.6) is 0 Å². The monoisotopic (exact) mass is 286 g/mol. The SMILES string of the molecule is Cc1nn(C(C)C)c(Nc2ccccc2C(C)(C)C)c1N. The van der Waals surface area contributed by atoms with Crippen molar-refractivity contribution in [2.24, 2.45) is 0 Å². The van der Waals surface area contributed by atoms with Crippen molar-refractivity contribution < 1.29 is 0 Å². The van der Waals surface area contributed by atoms with Gasteiger partial charge < -0.3 is 11.1 Å². The summed E-state index contributed by atoms with van der Waals surface area (Å²) in [5.41, 5.74) is 10.2. The number of nitrogens with zero attached hydrogens (tertiary/aromatic N) is 2. The lowest BCUT2D eigenvalue weighted by Crippen LogP contribution is -2.15. The number of hydrogen-bond acceptors (Lipinski definition) is 3. The van der Waals surface area contributed by atoms with E-state index in [0.717, 1.165) is 17.2 Å². The molecule has 21 heavy (non-hydrogen) atoms. The zero-order valence-corrected chi connectivity index (χ0v) is 13.9. The maximum atomic E-state index is 6.20. The summed E-state index contributed by atoms with van der Waals surface area (Å²) < 4.78 is 1.95. The van der Waals surface area contributed by atoms with Crippen LogP contribution in [-0.4, -0.2) is 9.78 Å². The normalized spacial score (nSPS) is 12.0. The topological polar surface area (TPSA) is 55.9 Å². The standard InChI is InChI=1S/C17H26N4/c1-11(2)21-16(15(18)12(3)20-21)19-14-10-8-7-9-13(14)17(4,5)6/h7-11,19H,18H2,1-6H3. The number of nitrogen functional groups attached to an aromatic ring is 1. The van der Waals surface area contributed by atoms with Gasteiger partial charge in [0.2, 0.25) is 0 Å². The molecule has 0 unspecified atom stereocenters. The van der Waals surface area contributed by atoms with Crippen molar-refractivity contribution >= 4 is 17.2 Å². The summed E-state index contributed by atoms with van der Waals surface area (Å²) in [6.07, 6.45) is 0. The van der Waals surface area contributed by atoms with E-state index in [2.05, 4.69) is 63.2 Å². The van der Waals surface area contributed by atoms with E-state index in [9.17, 15) is 0 Å². The zero-order chi connectivity index (χ0) is 15.8. The predicted molar refractivity (Wildman–Crippen MR) is 90.2 cm³/mol. The Kier molecular flexibility index (Phi) is 3.99. The molecule has 0 aliphatic carbocycles. The molecule has 2 aromatic rings. The van der Waals surface area contributed by atoms with Crippen molar-refractivity contribution in [3.05, 3.63) is 35.5 Å². The van der Waals surface area contributed by atoms with Crippen LogP contribution in [-0.2, 0) is 5.41 Å². The average molecular weight is 286 g/mol. The van der Waals surface area contributed by atoms with Gasteiger partial charge in [0.05, 0.1) is 11.4 Å². The number of nitrogens with one attached hydrogen (secondary N) is 1. The molecule has 1 aromatic carbocycles. The minimum Gasteiger partial charge on any atom is -0.394 e. The third-order valence-electron chi connectivity index (χ3n) is 3.61. The van der Waals surface area contributed by atoms with Crippen LogP contribution in [0.2, 0.25) is 0 Å². The Bertz CT molecular complexity index is 633. The summed E-state index contributed by atoms with van der Waals surface area (Å²) >= 11 is 0. The molecule has 0 aliphatic heterocycles. The highest BCUT2D eigenvalue weighted by atomic mass is 15.4. The maximum absolute atomic E-state index is 6.20. The number of rotatable bonds is 3. The number of para-hydroxylation sites is 1. The van der Waals surface area contributed by atoms with Crippen LogP contribution in [0.3, 0.4) is 0 Å². The van der Waals surface area contributed by atoms with E-state index in [4.69, 9.17) is 5.73 Å². The molecule has 0 saturated carbocycles. The lowest BCUT2D eigenvalue weighted by atomic mass is 9.86. The average Bonchev–Trinajstić information content (AvgIpc) is 2.67. The van der Waals surface area contributed by atoms with Crippen LogP contribution in [0.25, 0.3) is 0 Å². The lowest BCUT2D eigenvalue weighted by Gasteiger charge is -2.24. The molecular formula is C17H26N4. The van der Waals surface area contributed by atoms with E-state index < -0.39 is 0 Å². The zero-order valence-electron chi connectivity index (χ0n) is 13.9. The van der Waals surface area contributed by atoms with Crippen molar-refractivity contribution in [1.29, 1.82) is 0 Å². The van der Waals surface area contributed by atoms with Gasteiger partial charge in [-0.3, -0.25) is 0 Å². The second kappa shape index (κ2) is 5.43. The summed E-state index contributed by atoms with van der Waals surface area (Å²) in [6, 6.07) is 8.61. The van der Waals surface area contributed by atoms with Gasteiger partial charge >= 0.3 is 0 Å². The molecule has 0 atom stereocenters. The van der Waals surface area contributed by atoms with Gasteiger partial charge in [-0.15, -0.1) is 0 Å². The van der Waals surface area contributed by atoms with Gasteiger partial charge in [0.1, 0.15) is 0 Å². The van der Waals surface area contributed by atoms with Crippen LogP contribution < -0.4 is 11.1 Å².